The van der Waals surface area contributed by atoms with Gasteiger partial charge in [-0.1, -0.05) is 18.6 Å². The highest BCUT2D eigenvalue weighted by Gasteiger charge is 2.21. The van der Waals surface area contributed by atoms with E-state index in [2.05, 4.69) is 19.6 Å². The molecule has 0 saturated carbocycles. The number of aromatic nitrogens is 5. The first-order chi connectivity index (χ1) is 9.86. The highest BCUT2D eigenvalue weighted by Crippen LogP contribution is 2.31. The lowest BCUT2D eigenvalue weighted by Gasteiger charge is -2.07. The summed E-state index contributed by atoms with van der Waals surface area (Å²) in [6.07, 6.45) is 10.2. The van der Waals surface area contributed by atoms with Crippen molar-refractivity contribution in [2.45, 2.75) is 32.2 Å². The first-order valence-electron chi connectivity index (χ1n) is 6.95. The Morgan fingerprint density at radius 2 is 2.20 bits per heavy atom. The highest BCUT2D eigenvalue weighted by molar-refractivity contribution is 7.71. The Labute approximate surface area is 121 Å². The third-order valence-electron chi connectivity index (χ3n) is 3.96. The van der Waals surface area contributed by atoms with Crippen LogP contribution >= 0.6 is 12.2 Å². The van der Waals surface area contributed by atoms with Gasteiger partial charge in [0.2, 0.25) is 0 Å². The molecule has 0 radical (unpaired) electrons. The number of nitrogens with zero attached hydrogens (tertiary/aromatic N) is 4. The van der Waals surface area contributed by atoms with E-state index in [9.17, 15) is 0 Å². The van der Waals surface area contributed by atoms with E-state index in [0.717, 1.165) is 29.7 Å². The Morgan fingerprint density at radius 1 is 1.25 bits per heavy atom. The Hall–Kier alpha value is -1.95. The van der Waals surface area contributed by atoms with Crippen molar-refractivity contribution in [3.63, 3.8) is 0 Å². The van der Waals surface area contributed by atoms with Crippen LogP contribution in [0.4, 0.5) is 0 Å². The van der Waals surface area contributed by atoms with Crippen LogP contribution in [-0.2, 0) is 13.0 Å². The van der Waals surface area contributed by atoms with Gasteiger partial charge in [-0.3, -0.25) is 0 Å². The summed E-state index contributed by atoms with van der Waals surface area (Å²) < 4.78 is 4.94. The van der Waals surface area contributed by atoms with E-state index in [1.807, 2.05) is 23.1 Å². The van der Waals surface area contributed by atoms with Crippen molar-refractivity contribution in [1.29, 1.82) is 0 Å². The summed E-state index contributed by atoms with van der Waals surface area (Å²) in [4.78, 5) is 7.52. The van der Waals surface area contributed by atoms with Crippen molar-refractivity contribution >= 4 is 23.3 Å². The van der Waals surface area contributed by atoms with E-state index in [4.69, 9.17) is 12.2 Å². The number of H-pyrrole nitrogens is 1. The molecule has 0 aromatic carbocycles. The van der Waals surface area contributed by atoms with Crippen LogP contribution in [0.5, 0.6) is 0 Å². The molecule has 0 amide bonds. The summed E-state index contributed by atoms with van der Waals surface area (Å²) in [6.45, 7) is 1.01. The van der Waals surface area contributed by atoms with Crippen molar-refractivity contribution in [3.05, 3.63) is 35.1 Å². The van der Waals surface area contributed by atoms with E-state index in [-0.39, 0.29) is 0 Å². The fraction of sp³-hybridized carbons (Fsp3) is 0.357. The van der Waals surface area contributed by atoms with Crippen LogP contribution in [0.3, 0.4) is 0 Å². The Morgan fingerprint density at radius 3 is 3.05 bits per heavy atom. The molecule has 1 N–H and O–H groups in total. The van der Waals surface area contributed by atoms with Crippen LogP contribution in [0.15, 0.2) is 24.8 Å². The van der Waals surface area contributed by atoms with Crippen LogP contribution in [0.2, 0.25) is 0 Å². The van der Waals surface area contributed by atoms with Crippen LogP contribution in [0.25, 0.3) is 16.7 Å². The first-order valence-corrected chi connectivity index (χ1v) is 7.36. The predicted octanol–water partition coefficient (Wildman–Crippen LogP) is 3.01. The van der Waals surface area contributed by atoms with Gasteiger partial charge in [0.15, 0.2) is 4.64 Å². The molecule has 0 bridgehead atoms. The fourth-order valence-corrected chi connectivity index (χ4v) is 3.38. The molecule has 4 heterocycles. The topological polar surface area (TPSA) is 51.4 Å². The first kappa shape index (κ1) is 11.8. The third kappa shape index (κ3) is 1.64. The van der Waals surface area contributed by atoms with Gasteiger partial charge in [0.1, 0.15) is 11.2 Å². The molecule has 1 aliphatic rings. The van der Waals surface area contributed by atoms with Crippen molar-refractivity contribution < 1.29 is 0 Å². The van der Waals surface area contributed by atoms with Gasteiger partial charge >= 0.3 is 0 Å². The Bertz CT molecular complexity index is 812. The van der Waals surface area contributed by atoms with E-state index < -0.39 is 0 Å². The van der Waals surface area contributed by atoms with E-state index >= 15 is 0 Å². The molecule has 1 aliphatic heterocycles. The number of nitrogens with one attached hydrogen (secondary N) is 1. The second kappa shape index (κ2) is 4.56. The highest BCUT2D eigenvalue weighted by atomic mass is 32.1. The van der Waals surface area contributed by atoms with Gasteiger partial charge in [-0.2, -0.15) is 5.10 Å². The molecule has 5 nitrogen and oxygen atoms in total. The minimum atomic E-state index is 0.667. The summed E-state index contributed by atoms with van der Waals surface area (Å²) in [7, 11) is 0. The monoisotopic (exact) mass is 285 g/mol. The summed E-state index contributed by atoms with van der Waals surface area (Å²) in [6, 6.07) is 1.95. The van der Waals surface area contributed by atoms with E-state index in [0.29, 0.717) is 4.64 Å². The second-order valence-electron chi connectivity index (χ2n) is 5.14. The van der Waals surface area contributed by atoms with Gasteiger partial charge in [-0.15, -0.1) is 0 Å². The lowest BCUT2D eigenvalue weighted by molar-refractivity contribution is 0.647. The minimum absolute atomic E-state index is 0.667. The standard InChI is InChI=1S/C14H15N5S/c20-14-13-11(15-9-16-14)12(19-8-4-6-17-19)10-5-2-1-3-7-18(10)13/h4,6,8-9H,1-3,5,7H2,(H,15,16,20). The quantitative estimate of drug-likeness (QED) is 0.699. The molecule has 0 spiro atoms. The van der Waals surface area contributed by atoms with Gasteiger partial charge in [0.05, 0.1) is 11.8 Å². The maximum Gasteiger partial charge on any atom is 0.153 e. The number of rotatable bonds is 1. The van der Waals surface area contributed by atoms with Crippen LogP contribution in [-0.4, -0.2) is 24.3 Å². The van der Waals surface area contributed by atoms with Gasteiger partial charge < -0.3 is 9.55 Å². The number of hydrogen-bond acceptors (Lipinski definition) is 3. The van der Waals surface area contributed by atoms with Gasteiger partial charge in [-0.05, 0) is 25.3 Å². The van der Waals surface area contributed by atoms with Gasteiger partial charge in [0.25, 0.3) is 0 Å². The normalized spacial score (nSPS) is 15.2. The Kier molecular flexibility index (Phi) is 2.70. The van der Waals surface area contributed by atoms with Crippen molar-refractivity contribution in [2.75, 3.05) is 0 Å². The molecule has 4 rings (SSSR count). The maximum atomic E-state index is 5.44. The third-order valence-corrected chi connectivity index (χ3v) is 4.26. The molecule has 0 atom stereocenters. The molecule has 3 aromatic heterocycles. The number of aromatic amines is 1. The van der Waals surface area contributed by atoms with Crippen LogP contribution < -0.4 is 0 Å². The van der Waals surface area contributed by atoms with Gasteiger partial charge in [0, 0.05) is 24.6 Å². The number of hydrogen-bond donors (Lipinski definition) is 1. The summed E-state index contributed by atoms with van der Waals surface area (Å²) in [5.41, 5.74) is 4.53. The molecule has 20 heavy (non-hydrogen) atoms. The zero-order valence-electron chi connectivity index (χ0n) is 11.0. The molecule has 0 saturated heterocycles. The van der Waals surface area contributed by atoms with Crippen LogP contribution in [0.1, 0.15) is 25.0 Å². The van der Waals surface area contributed by atoms with Crippen LogP contribution in [0, 0.1) is 4.64 Å². The molecule has 0 unspecified atom stereocenters. The Balaban J connectivity index is 2.14. The number of aryl methyl sites for hydroxylation is 1. The number of fused-ring (bicyclic) bond motifs is 3. The van der Waals surface area contributed by atoms with E-state index in [1.54, 1.807) is 6.33 Å². The average Bonchev–Trinajstić information content (AvgIpc) is 2.99. The molecular weight excluding hydrogens is 270 g/mol. The summed E-state index contributed by atoms with van der Waals surface area (Å²) in [5, 5.41) is 4.41. The molecule has 0 aliphatic carbocycles. The van der Waals surface area contributed by atoms with Crippen molar-refractivity contribution in [2.24, 2.45) is 0 Å². The molecule has 102 valence electrons. The fourth-order valence-electron chi connectivity index (χ4n) is 3.12. The molecule has 0 fully saturated rings. The largest absolute Gasteiger partial charge is 0.343 e. The summed E-state index contributed by atoms with van der Waals surface area (Å²) >= 11 is 5.44. The predicted molar refractivity (Wildman–Crippen MR) is 79.6 cm³/mol. The van der Waals surface area contributed by atoms with E-state index in [1.165, 1.54) is 25.0 Å². The minimum Gasteiger partial charge on any atom is -0.343 e. The van der Waals surface area contributed by atoms with Crippen molar-refractivity contribution in [3.8, 4) is 5.69 Å². The smallest absolute Gasteiger partial charge is 0.153 e. The molecule has 6 heteroatoms. The molecule has 3 aromatic rings. The lowest BCUT2D eigenvalue weighted by atomic mass is 10.1. The SMILES string of the molecule is S=c1nc[nH]c2c(-n3cccn3)c3n(c12)CCCCC3. The maximum absolute atomic E-state index is 5.44. The summed E-state index contributed by atoms with van der Waals surface area (Å²) in [5.74, 6) is 0. The lowest BCUT2D eigenvalue weighted by Crippen LogP contribution is -2.03. The zero-order valence-corrected chi connectivity index (χ0v) is 11.9. The molecular formula is C14H15N5S. The zero-order chi connectivity index (χ0) is 13.5. The van der Waals surface area contributed by atoms with Gasteiger partial charge in [-0.25, -0.2) is 9.67 Å². The van der Waals surface area contributed by atoms with Crippen molar-refractivity contribution in [1.82, 2.24) is 24.3 Å². The average molecular weight is 285 g/mol. The second-order valence-corrected chi connectivity index (χ2v) is 5.53.